The van der Waals surface area contributed by atoms with E-state index in [2.05, 4.69) is 55.7 Å². The molecule has 2 amide bonds. The number of hydrogen-bond donors (Lipinski definition) is 4. The van der Waals surface area contributed by atoms with Gasteiger partial charge in [0.25, 0.3) is 11.8 Å². The Morgan fingerprint density at radius 3 is 2.67 bits per heavy atom. The molecule has 5 rings (SSSR count). The van der Waals surface area contributed by atoms with Crippen LogP contribution < -0.4 is 16.3 Å². The molecule has 0 bridgehead atoms. The van der Waals surface area contributed by atoms with Crippen LogP contribution in [-0.2, 0) is 13.0 Å². The van der Waals surface area contributed by atoms with Gasteiger partial charge in [-0.3, -0.25) is 14.6 Å². The third-order valence-corrected chi connectivity index (χ3v) is 7.41. The molecule has 0 aliphatic heterocycles. The molecule has 0 radical (unpaired) electrons. The third-order valence-electron chi connectivity index (χ3n) is 6.13. The number of aromatic amines is 2. The highest BCUT2D eigenvalue weighted by molar-refractivity contribution is 7.10. The number of carbonyl (C=O) groups is 2. The molecule has 0 saturated carbocycles. The summed E-state index contributed by atoms with van der Waals surface area (Å²) in [5.41, 5.74) is 3.83. The Bertz CT molecular complexity index is 1490. The molecule has 10 nitrogen and oxygen atoms in total. The Labute approximate surface area is 210 Å². The Kier molecular flexibility index (Phi) is 6.47. The summed E-state index contributed by atoms with van der Waals surface area (Å²) in [6.45, 7) is 4.65. The number of rotatable bonds is 7. The second-order valence-corrected chi connectivity index (χ2v) is 9.93. The van der Waals surface area contributed by atoms with Crippen LogP contribution in [0.15, 0.2) is 46.8 Å². The first-order valence-corrected chi connectivity index (χ1v) is 12.5. The first kappa shape index (κ1) is 23.6. The summed E-state index contributed by atoms with van der Waals surface area (Å²) in [6.07, 6.45) is 2.74. The van der Waals surface area contributed by atoms with E-state index < -0.39 is 0 Å². The Morgan fingerprint density at radius 1 is 1.14 bits per heavy atom. The monoisotopic (exact) mass is 503 g/mol. The lowest BCUT2D eigenvalue weighted by Gasteiger charge is -2.14. The second kappa shape index (κ2) is 9.86. The van der Waals surface area contributed by atoms with Crippen molar-refractivity contribution >= 4 is 23.2 Å². The van der Waals surface area contributed by atoms with Gasteiger partial charge in [0.05, 0.1) is 6.04 Å². The maximum absolute atomic E-state index is 12.9. The van der Waals surface area contributed by atoms with Gasteiger partial charge in [0.2, 0.25) is 0 Å². The van der Waals surface area contributed by atoms with Gasteiger partial charge in [-0.1, -0.05) is 26.0 Å². The molecule has 1 aliphatic rings. The van der Waals surface area contributed by atoms with E-state index in [9.17, 15) is 14.4 Å². The first-order chi connectivity index (χ1) is 17.4. The van der Waals surface area contributed by atoms with Gasteiger partial charge in [-0.2, -0.15) is 5.10 Å². The van der Waals surface area contributed by atoms with Gasteiger partial charge in [-0.15, -0.1) is 11.3 Å². The molecular formula is C25H25N7O3S. The molecule has 0 saturated heterocycles. The van der Waals surface area contributed by atoms with Crippen molar-refractivity contribution in [3.63, 3.8) is 0 Å². The van der Waals surface area contributed by atoms with Crippen molar-refractivity contribution in [2.75, 3.05) is 0 Å². The second-order valence-electron chi connectivity index (χ2n) is 8.99. The number of fused-ring (bicyclic) bond motifs is 1. The predicted molar refractivity (Wildman–Crippen MR) is 135 cm³/mol. The van der Waals surface area contributed by atoms with Crippen LogP contribution in [0.25, 0.3) is 11.4 Å². The summed E-state index contributed by atoms with van der Waals surface area (Å²) in [5.74, 6) is 0.183. The standard InChI is InChI=1S/C25H25N7O3S/c1-13(2)21-7-14(11-36-21)10-26-23(33)19-9-20(28-12-27-19)24(34)29-18-6-4-15-8-16(3-5-17(15)18)22-30-25(35)32-31-22/h3,5,7-9,11-13,18H,4,6,10H2,1-2H3,(H,26,33)(H,29,34)(H2,30,31,32,35)/t18-/m0/s1. The molecule has 11 heteroatoms. The minimum atomic E-state index is -0.371. The molecular weight excluding hydrogens is 478 g/mol. The fourth-order valence-corrected chi connectivity index (χ4v) is 5.15. The normalized spacial score (nSPS) is 14.6. The summed E-state index contributed by atoms with van der Waals surface area (Å²) in [4.78, 5) is 48.9. The van der Waals surface area contributed by atoms with Crippen molar-refractivity contribution < 1.29 is 9.59 Å². The van der Waals surface area contributed by atoms with Gasteiger partial charge in [0.1, 0.15) is 17.7 Å². The van der Waals surface area contributed by atoms with Gasteiger partial charge < -0.3 is 10.6 Å². The molecule has 4 N–H and O–H groups in total. The quantitative estimate of drug-likeness (QED) is 0.305. The van der Waals surface area contributed by atoms with Crippen molar-refractivity contribution in [2.45, 2.75) is 45.2 Å². The lowest BCUT2D eigenvalue weighted by molar-refractivity contribution is 0.0931. The largest absolute Gasteiger partial charge is 0.347 e. The summed E-state index contributed by atoms with van der Waals surface area (Å²) in [5, 5.41) is 14.2. The Balaban J connectivity index is 1.23. The number of H-pyrrole nitrogens is 2. The molecule has 1 atom stereocenters. The smallest absolute Gasteiger partial charge is 0.340 e. The molecule has 3 heterocycles. The molecule has 36 heavy (non-hydrogen) atoms. The van der Waals surface area contributed by atoms with Gasteiger partial charge in [0.15, 0.2) is 5.82 Å². The number of hydrogen-bond acceptors (Lipinski definition) is 7. The average Bonchev–Trinajstić information content (AvgIpc) is 3.62. The summed E-state index contributed by atoms with van der Waals surface area (Å²) >= 11 is 1.67. The highest BCUT2D eigenvalue weighted by Crippen LogP contribution is 2.33. The molecule has 0 fully saturated rings. The van der Waals surface area contributed by atoms with Gasteiger partial charge >= 0.3 is 5.69 Å². The first-order valence-electron chi connectivity index (χ1n) is 11.6. The minimum Gasteiger partial charge on any atom is -0.347 e. The highest BCUT2D eigenvalue weighted by Gasteiger charge is 2.26. The van der Waals surface area contributed by atoms with Crippen molar-refractivity contribution in [3.8, 4) is 11.4 Å². The Morgan fingerprint density at radius 2 is 1.94 bits per heavy atom. The maximum Gasteiger partial charge on any atom is 0.340 e. The van der Waals surface area contributed by atoms with Crippen molar-refractivity contribution in [1.29, 1.82) is 0 Å². The molecule has 1 aliphatic carbocycles. The van der Waals surface area contributed by atoms with E-state index in [1.807, 2.05) is 23.6 Å². The average molecular weight is 504 g/mol. The van der Waals surface area contributed by atoms with E-state index >= 15 is 0 Å². The lowest BCUT2D eigenvalue weighted by Crippen LogP contribution is -2.29. The van der Waals surface area contributed by atoms with E-state index in [0.29, 0.717) is 18.3 Å². The molecule has 0 unspecified atom stereocenters. The zero-order chi connectivity index (χ0) is 25.2. The van der Waals surface area contributed by atoms with E-state index in [1.54, 1.807) is 11.3 Å². The maximum atomic E-state index is 12.9. The fraction of sp³-hybridized carbons (Fsp3) is 0.280. The summed E-state index contributed by atoms with van der Waals surface area (Å²) < 4.78 is 0. The number of aryl methyl sites for hydroxylation is 1. The number of thiophene rings is 1. The van der Waals surface area contributed by atoms with Crippen molar-refractivity contribution in [1.82, 2.24) is 35.8 Å². The molecule has 184 valence electrons. The molecule has 1 aromatic carbocycles. The van der Waals surface area contributed by atoms with Crippen molar-refractivity contribution in [3.05, 3.63) is 85.5 Å². The minimum absolute atomic E-state index is 0.131. The fourth-order valence-electron chi connectivity index (χ4n) is 4.22. The van der Waals surface area contributed by atoms with E-state index in [0.717, 1.165) is 35.1 Å². The van der Waals surface area contributed by atoms with Gasteiger partial charge in [0, 0.05) is 23.1 Å². The summed E-state index contributed by atoms with van der Waals surface area (Å²) in [7, 11) is 0. The van der Waals surface area contributed by atoms with E-state index in [4.69, 9.17) is 0 Å². The van der Waals surface area contributed by atoms with Crippen LogP contribution >= 0.6 is 11.3 Å². The molecule has 0 spiro atoms. The van der Waals surface area contributed by atoms with Crippen molar-refractivity contribution in [2.24, 2.45) is 0 Å². The van der Waals surface area contributed by atoms with Crippen LogP contribution in [0.3, 0.4) is 0 Å². The van der Waals surface area contributed by atoms with Crippen LogP contribution in [0.5, 0.6) is 0 Å². The van der Waals surface area contributed by atoms with E-state index in [1.165, 1.54) is 17.3 Å². The van der Waals surface area contributed by atoms with Crippen LogP contribution in [0, 0.1) is 0 Å². The molecule has 3 aromatic heterocycles. The topological polar surface area (TPSA) is 146 Å². The number of nitrogens with zero attached hydrogens (tertiary/aromatic N) is 3. The number of carbonyl (C=O) groups excluding carboxylic acids is 2. The zero-order valence-corrected chi connectivity index (χ0v) is 20.6. The highest BCUT2D eigenvalue weighted by atomic mass is 32.1. The van der Waals surface area contributed by atoms with Gasteiger partial charge in [-0.05, 0) is 53.0 Å². The Hall–Kier alpha value is -4.12. The third kappa shape index (κ3) is 4.96. The molecule has 4 aromatic rings. The zero-order valence-electron chi connectivity index (χ0n) is 19.8. The van der Waals surface area contributed by atoms with Crippen LogP contribution in [0.1, 0.15) is 74.8 Å². The van der Waals surface area contributed by atoms with Crippen LogP contribution in [-0.4, -0.2) is 37.0 Å². The number of benzene rings is 1. The number of nitrogens with one attached hydrogen (secondary N) is 4. The lowest BCUT2D eigenvalue weighted by atomic mass is 10.0. The predicted octanol–water partition coefficient (Wildman–Crippen LogP) is 3.09. The number of aromatic nitrogens is 5. The van der Waals surface area contributed by atoms with E-state index in [-0.39, 0.29) is 34.9 Å². The van der Waals surface area contributed by atoms with Crippen LogP contribution in [0.2, 0.25) is 0 Å². The summed E-state index contributed by atoms with van der Waals surface area (Å²) in [6, 6.07) is 9.08. The SMILES string of the molecule is CC(C)c1cc(CNC(=O)c2cc(C(=O)N[C@H]3CCc4cc(-c5n[nH]c(=O)[nH]5)ccc43)ncn2)cs1. The van der Waals surface area contributed by atoms with Crippen LogP contribution in [0.4, 0.5) is 0 Å². The van der Waals surface area contributed by atoms with Gasteiger partial charge in [-0.25, -0.2) is 19.9 Å². The number of amides is 2.